The molecule has 1 saturated carbocycles. The maximum Gasteiger partial charge on any atom is 0.107 e. The van der Waals surface area contributed by atoms with Crippen LogP contribution in [0.25, 0.3) is 0 Å². The van der Waals surface area contributed by atoms with Crippen LogP contribution in [0.3, 0.4) is 0 Å². The first-order valence-electron chi connectivity index (χ1n) is 6.32. The molecule has 0 bridgehead atoms. The number of anilines is 1. The van der Waals surface area contributed by atoms with Crippen molar-refractivity contribution in [2.75, 3.05) is 18.1 Å². The molecular formula is C14H20N2S2. The van der Waals surface area contributed by atoms with Gasteiger partial charge in [-0.2, -0.15) is 0 Å². The normalized spacial score (nSPS) is 16.3. The highest BCUT2D eigenvalue weighted by atomic mass is 32.2. The lowest BCUT2D eigenvalue weighted by molar-refractivity contribution is 0.521. The molecule has 3 N–H and O–H groups in total. The third-order valence-electron chi connectivity index (χ3n) is 3.85. The standard InChI is InChI=1S/C14H20N2S2/c1-3-14(7-8-14)9-16-10-5-4-6-11(18-2)12(10)13(15)17/h4-6,16H,3,7-9H2,1-2H3,(H2,15,17). The highest BCUT2D eigenvalue weighted by Gasteiger charge is 2.40. The lowest BCUT2D eigenvalue weighted by Gasteiger charge is -2.18. The van der Waals surface area contributed by atoms with Crippen molar-refractivity contribution < 1.29 is 0 Å². The second kappa shape index (κ2) is 5.49. The van der Waals surface area contributed by atoms with Gasteiger partial charge in [0.05, 0.1) is 0 Å². The van der Waals surface area contributed by atoms with Gasteiger partial charge >= 0.3 is 0 Å². The van der Waals surface area contributed by atoms with Crippen molar-refractivity contribution >= 4 is 34.7 Å². The van der Waals surface area contributed by atoms with E-state index in [2.05, 4.69) is 36.7 Å². The maximum atomic E-state index is 5.86. The van der Waals surface area contributed by atoms with Gasteiger partial charge in [-0.3, -0.25) is 0 Å². The molecule has 1 aromatic carbocycles. The van der Waals surface area contributed by atoms with E-state index in [0.717, 1.165) is 22.7 Å². The molecule has 0 aromatic heterocycles. The molecule has 1 fully saturated rings. The maximum absolute atomic E-state index is 5.86. The summed E-state index contributed by atoms with van der Waals surface area (Å²) < 4.78 is 0. The quantitative estimate of drug-likeness (QED) is 0.616. The molecule has 0 amide bonds. The number of nitrogens with one attached hydrogen (secondary N) is 1. The highest BCUT2D eigenvalue weighted by Crippen LogP contribution is 2.48. The van der Waals surface area contributed by atoms with Crippen molar-refractivity contribution in [3.63, 3.8) is 0 Å². The van der Waals surface area contributed by atoms with Crippen LogP contribution in [-0.4, -0.2) is 17.8 Å². The van der Waals surface area contributed by atoms with E-state index in [1.165, 1.54) is 19.3 Å². The minimum atomic E-state index is 0.476. The Balaban J connectivity index is 2.19. The van der Waals surface area contributed by atoms with Crippen LogP contribution in [0.1, 0.15) is 31.7 Å². The molecule has 2 rings (SSSR count). The largest absolute Gasteiger partial charge is 0.389 e. The molecule has 0 unspecified atom stereocenters. The van der Waals surface area contributed by atoms with Crippen molar-refractivity contribution in [1.29, 1.82) is 0 Å². The first-order valence-corrected chi connectivity index (χ1v) is 7.96. The first kappa shape index (κ1) is 13.7. The molecule has 0 saturated heterocycles. The van der Waals surface area contributed by atoms with E-state index >= 15 is 0 Å². The molecule has 0 radical (unpaired) electrons. The summed E-state index contributed by atoms with van der Waals surface area (Å²) in [5, 5.41) is 3.54. The third-order valence-corrected chi connectivity index (χ3v) is 4.84. The molecule has 1 aliphatic carbocycles. The van der Waals surface area contributed by atoms with Crippen LogP contribution in [0.2, 0.25) is 0 Å². The van der Waals surface area contributed by atoms with Crippen LogP contribution >= 0.6 is 24.0 Å². The lowest BCUT2D eigenvalue weighted by atomic mass is 10.0. The summed E-state index contributed by atoms with van der Waals surface area (Å²) in [6, 6.07) is 6.19. The van der Waals surface area contributed by atoms with E-state index in [1.54, 1.807) is 11.8 Å². The van der Waals surface area contributed by atoms with Crippen LogP contribution in [0.15, 0.2) is 23.1 Å². The van der Waals surface area contributed by atoms with Crippen LogP contribution in [-0.2, 0) is 0 Å². The van der Waals surface area contributed by atoms with E-state index in [9.17, 15) is 0 Å². The van der Waals surface area contributed by atoms with Gasteiger partial charge in [0, 0.05) is 22.7 Å². The Labute approximate surface area is 119 Å². The average molecular weight is 280 g/mol. The molecule has 98 valence electrons. The Morgan fingerprint density at radius 1 is 1.50 bits per heavy atom. The Morgan fingerprint density at radius 3 is 2.72 bits per heavy atom. The minimum Gasteiger partial charge on any atom is -0.389 e. The molecule has 18 heavy (non-hydrogen) atoms. The Kier molecular flexibility index (Phi) is 4.17. The zero-order valence-corrected chi connectivity index (χ0v) is 12.6. The highest BCUT2D eigenvalue weighted by molar-refractivity contribution is 7.98. The van der Waals surface area contributed by atoms with Gasteiger partial charge in [-0.25, -0.2) is 0 Å². The van der Waals surface area contributed by atoms with Gasteiger partial charge in [0.2, 0.25) is 0 Å². The SMILES string of the molecule is CCC1(CNc2cccc(SC)c2C(N)=S)CC1. The summed E-state index contributed by atoms with van der Waals surface area (Å²) in [5.41, 5.74) is 8.44. The van der Waals surface area contributed by atoms with Crippen LogP contribution in [0.5, 0.6) is 0 Å². The van der Waals surface area contributed by atoms with E-state index in [1.807, 2.05) is 0 Å². The van der Waals surface area contributed by atoms with Crippen LogP contribution in [0.4, 0.5) is 5.69 Å². The van der Waals surface area contributed by atoms with E-state index in [-0.39, 0.29) is 0 Å². The van der Waals surface area contributed by atoms with E-state index in [0.29, 0.717) is 10.4 Å². The predicted molar refractivity (Wildman–Crippen MR) is 84.6 cm³/mol. The summed E-state index contributed by atoms with van der Waals surface area (Å²) in [6.07, 6.45) is 5.96. The van der Waals surface area contributed by atoms with Crippen LogP contribution < -0.4 is 11.1 Å². The average Bonchev–Trinajstić information content (AvgIpc) is 3.16. The minimum absolute atomic E-state index is 0.476. The summed E-state index contributed by atoms with van der Waals surface area (Å²) >= 11 is 6.86. The summed E-state index contributed by atoms with van der Waals surface area (Å²) in [5.74, 6) is 0. The second-order valence-electron chi connectivity index (χ2n) is 4.95. The second-order valence-corrected chi connectivity index (χ2v) is 6.24. The molecule has 0 atom stereocenters. The molecule has 2 nitrogen and oxygen atoms in total. The third kappa shape index (κ3) is 2.81. The number of hydrogen-bond donors (Lipinski definition) is 2. The topological polar surface area (TPSA) is 38.0 Å². The van der Waals surface area contributed by atoms with Crippen LogP contribution in [0, 0.1) is 5.41 Å². The molecule has 1 aliphatic rings. The van der Waals surface area contributed by atoms with Gasteiger partial charge in [0.15, 0.2) is 0 Å². The predicted octanol–water partition coefficient (Wildman–Crippen LogP) is 3.64. The van der Waals surface area contributed by atoms with Crippen molar-refractivity contribution in [3.05, 3.63) is 23.8 Å². The molecule has 0 aliphatic heterocycles. The fraction of sp³-hybridized carbons (Fsp3) is 0.500. The summed E-state index contributed by atoms with van der Waals surface area (Å²) in [6.45, 7) is 3.29. The van der Waals surface area contributed by atoms with E-state index in [4.69, 9.17) is 18.0 Å². The smallest absolute Gasteiger partial charge is 0.107 e. The van der Waals surface area contributed by atoms with Crippen molar-refractivity contribution in [2.24, 2.45) is 11.1 Å². The number of nitrogens with two attached hydrogens (primary N) is 1. The number of thiocarbonyl (C=S) groups is 1. The van der Waals surface area contributed by atoms with E-state index < -0.39 is 0 Å². The van der Waals surface area contributed by atoms with Gasteiger partial charge < -0.3 is 11.1 Å². The first-order chi connectivity index (χ1) is 8.62. The number of thioether (sulfide) groups is 1. The zero-order chi connectivity index (χ0) is 13.2. The lowest BCUT2D eigenvalue weighted by Crippen LogP contribution is -2.19. The Morgan fingerprint density at radius 2 is 2.22 bits per heavy atom. The van der Waals surface area contributed by atoms with Crippen molar-refractivity contribution in [1.82, 2.24) is 0 Å². The van der Waals surface area contributed by atoms with Gasteiger partial charge in [-0.15, -0.1) is 11.8 Å². The molecule has 0 heterocycles. The number of benzene rings is 1. The summed E-state index contributed by atoms with van der Waals surface area (Å²) in [7, 11) is 0. The molecular weight excluding hydrogens is 260 g/mol. The van der Waals surface area contributed by atoms with Gasteiger partial charge in [0.25, 0.3) is 0 Å². The fourth-order valence-corrected chi connectivity index (χ4v) is 3.14. The van der Waals surface area contributed by atoms with Gasteiger partial charge in [-0.05, 0) is 43.1 Å². The molecule has 4 heteroatoms. The number of hydrogen-bond acceptors (Lipinski definition) is 3. The van der Waals surface area contributed by atoms with Crippen molar-refractivity contribution in [3.8, 4) is 0 Å². The molecule has 1 aromatic rings. The van der Waals surface area contributed by atoms with Gasteiger partial charge in [0.1, 0.15) is 4.99 Å². The monoisotopic (exact) mass is 280 g/mol. The Bertz CT molecular complexity index is 453. The molecule has 0 spiro atoms. The van der Waals surface area contributed by atoms with Gasteiger partial charge in [-0.1, -0.05) is 25.2 Å². The zero-order valence-electron chi connectivity index (χ0n) is 11.0. The summed E-state index contributed by atoms with van der Waals surface area (Å²) in [4.78, 5) is 1.62. The van der Waals surface area contributed by atoms with Crippen molar-refractivity contribution in [2.45, 2.75) is 31.1 Å². The number of rotatable bonds is 6. The Hall–Kier alpha value is -0.740. The fourth-order valence-electron chi connectivity index (χ4n) is 2.22.